The summed E-state index contributed by atoms with van der Waals surface area (Å²) in [5.74, 6) is -0.520. The van der Waals surface area contributed by atoms with Crippen molar-refractivity contribution < 1.29 is 18.7 Å². The van der Waals surface area contributed by atoms with E-state index in [0.717, 1.165) is 13.6 Å². The SMILES string of the molecule is CCOC(=O)C1=C(c2ccccc2)N=c2s/c(=C\c3cc(Br)cc(I)c3OCc3ccccc3C#N)c(=O)n2[C@@H]1c1ccc(F)cc1. The van der Waals surface area contributed by atoms with E-state index in [-0.39, 0.29) is 24.3 Å². The van der Waals surface area contributed by atoms with Crippen molar-refractivity contribution in [2.24, 2.45) is 4.99 Å². The standard InChI is InChI=1S/C36H24BrFIN3O4S/c1-2-45-35(44)30-31(21-8-4-3-5-9-21)41-36-42(32(30)22-12-14-27(38)15-13-22)34(43)29(47-36)17-25-16-26(37)18-28(39)33(25)46-20-24-11-7-6-10-23(24)19-40/h3-18,32H,2,20H2,1H3/b29-17-/t32-/m1/s1. The molecule has 0 bridgehead atoms. The molecule has 1 atom stereocenters. The average Bonchev–Trinajstić information content (AvgIpc) is 3.38. The molecule has 0 aliphatic carbocycles. The average molecular weight is 820 g/mol. The van der Waals surface area contributed by atoms with Crippen molar-refractivity contribution in [1.82, 2.24) is 4.57 Å². The van der Waals surface area contributed by atoms with Crippen LogP contribution in [0, 0.1) is 20.7 Å². The Labute approximate surface area is 295 Å². The lowest BCUT2D eigenvalue weighted by atomic mass is 9.93. The number of benzene rings is 4. The Morgan fingerprint density at radius 1 is 1.11 bits per heavy atom. The van der Waals surface area contributed by atoms with Crippen LogP contribution in [0.5, 0.6) is 5.75 Å². The van der Waals surface area contributed by atoms with Crippen molar-refractivity contribution in [2.45, 2.75) is 19.6 Å². The molecule has 47 heavy (non-hydrogen) atoms. The molecule has 0 unspecified atom stereocenters. The third kappa shape index (κ3) is 6.72. The Balaban J connectivity index is 1.56. The summed E-state index contributed by atoms with van der Waals surface area (Å²) in [6, 6.07) is 27.2. The number of hydrogen-bond donors (Lipinski definition) is 0. The lowest BCUT2D eigenvalue weighted by molar-refractivity contribution is -0.138. The molecule has 0 spiro atoms. The molecule has 1 aromatic heterocycles. The van der Waals surface area contributed by atoms with Crippen molar-refractivity contribution in [3.05, 3.63) is 158 Å². The van der Waals surface area contributed by atoms with Crippen LogP contribution in [0.15, 0.2) is 111 Å². The minimum atomic E-state index is -0.927. The largest absolute Gasteiger partial charge is 0.487 e. The van der Waals surface area contributed by atoms with Crippen LogP contribution in [0.1, 0.15) is 40.8 Å². The molecule has 7 nitrogen and oxygen atoms in total. The number of aromatic nitrogens is 1. The van der Waals surface area contributed by atoms with E-state index in [1.54, 1.807) is 37.3 Å². The molecule has 2 heterocycles. The Hall–Kier alpha value is -4.38. The van der Waals surface area contributed by atoms with Crippen LogP contribution in [0.3, 0.4) is 0 Å². The molecule has 1 aliphatic rings. The van der Waals surface area contributed by atoms with Crippen molar-refractivity contribution in [2.75, 3.05) is 6.61 Å². The molecule has 0 N–H and O–H groups in total. The predicted molar refractivity (Wildman–Crippen MR) is 190 cm³/mol. The smallest absolute Gasteiger partial charge is 0.338 e. The van der Waals surface area contributed by atoms with Crippen molar-refractivity contribution in [3.63, 3.8) is 0 Å². The number of nitriles is 1. The van der Waals surface area contributed by atoms with Gasteiger partial charge in [0.1, 0.15) is 18.2 Å². The summed E-state index contributed by atoms with van der Waals surface area (Å²) in [4.78, 5) is 33.2. The second-order valence-corrected chi connectivity index (χ2v) is 13.4. The van der Waals surface area contributed by atoms with Gasteiger partial charge in [0.2, 0.25) is 0 Å². The second kappa shape index (κ2) is 14.2. The topological polar surface area (TPSA) is 93.7 Å². The number of thiazole rings is 1. The number of ether oxygens (including phenoxy) is 2. The summed E-state index contributed by atoms with van der Waals surface area (Å²) in [5.41, 5.74) is 3.27. The van der Waals surface area contributed by atoms with Gasteiger partial charge in [0, 0.05) is 21.2 Å². The molecule has 0 saturated carbocycles. The number of hydrogen-bond acceptors (Lipinski definition) is 7. The highest BCUT2D eigenvalue weighted by molar-refractivity contribution is 14.1. The Morgan fingerprint density at radius 3 is 2.55 bits per heavy atom. The highest BCUT2D eigenvalue weighted by Crippen LogP contribution is 2.36. The summed E-state index contributed by atoms with van der Waals surface area (Å²) < 4.78 is 29.3. The van der Waals surface area contributed by atoms with Gasteiger partial charge in [-0.25, -0.2) is 14.2 Å². The van der Waals surface area contributed by atoms with Crippen LogP contribution in [0.4, 0.5) is 4.39 Å². The lowest BCUT2D eigenvalue weighted by Gasteiger charge is -2.25. The van der Waals surface area contributed by atoms with Gasteiger partial charge in [-0.1, -0.05) is 87.9 Å². The summed E-state index contributed by atoms with van der Waals surface area (Å²) in [6.45, 7) is 1.98. The van der Waals surface area contributed by atoms with Crippen LogP contribution in [0.25, 0.3) is 11.8 Å². The maximum Gasteiger partial charge on any atom is 0.338 e. The molecule has 5 aromatic rings. The molecule has 11 heteroatoms. The van der Waals surface area contributed by atoms with Gasteiger partial charge >= 0.3 is 5.97 Å². The Morgan fingerprint density at radius 2 is 1.83 bits per heavy atom. The fraction of sp³-hybridized carbons (Fsp3) is 0.111. The number of fused-ring (bicyclic) bond motifs is 1. The van der Waals surface area contributed by atoms with Crippen LogP contribution >= 0.6 is 49.9 Å². The molecule has 4 aromatic carbocycles. The second-order valence-electron chi connectivity index (χ2n) is 10.3. The summed E-state index contributed by atoms with van der Waals surface area (Å²) in [6.07, 6.45) is 1.74. The normalized spacial score (nSPS) is 14.3. The molecule has 1 aliphatic heterocycles. The van der Waals surface area contributed by atoms with Gasteiger partial charge in [-0.3, -0.25) is 9.36 Å². The van der Waals surface area contributed by atoms with E-state index in [9.17, 15) is 19.2 Å². The van der Waals surface area contributed by atoms with Crippen LogP contribution in [-0.2, 0) is 16.1 Å². The van der Waals surface area contributed by atoms with E-state index in [1.807, 2.05) is 54.6 Å². The minimum absolute atomic E-state index is 0.119. The quantitative estimate of drug-likeness (QED) is 0.126. The zero-order chi connectivity index (χ0) is 33.1. The van der Waals surface area contributed by atoms with Gasteiger partial charge in [0.15, 0.2) is 4.80 Å². The number of carbonyl (C=O) groups excluding carboxylic acids is 1. The fourth-order valence-corrected chi connectivity index (χ4v) is 7.98. The number of rotatable bonds is 8. The highest BCUT2D eigenvalue weighted by Gasteiger charge is 2.35. The van der Waals surface area contributed by atoms with Crippen molar-refractivity contribution in [1.29, 1.82) is 5.26 Å². The maximum absolute atomic E-state index is 14.3. The van der Waals surface area contributed by atoms with Gasteiger partial charge in [0.25, 0.3) is 5.56 Å². The van der Waals surface area contributed by atoms with Gasteiger partial charge in [-0.15, -0.1) is 0 Å². The molecule has 0 amide bonds. The maximum atomic E-state index is 14.3. The van der Waals surface area contributed by atoms with Crippen LogP contribution in [0.2, 0.25) is 0 Å². The predicted octanol–water partition coefficient (Wildman–Crippen LogP) is 6.89. The molecule has 0 fully saturated rings. The van der Waals surface area contributed by atoms with Crippen LogP contribution in [-0.4, -0.2) is 17.1 Å². The Kier molecular flexibility index (Phi) is 9.81. The van der Waals surface area contributed by atoms with E-state index in [1.165, 1.54) is 28.0 Å². The van der Waals surface area contributed by atoms with E-state index in [4.69, 9.17) is 14.5 Å². The van der Waals surface area contributed by atoms with Crippen molar-refractivity contribution >= 4 is 67.6 Å². The molecular formula is C36H24BrFIN3O4S. The minimum Gasteiger partial charge on any atom is -0.487 e. The van der Waals surface area contributed by atoms with Gasteiger partial charge < -0.3 is 9.47 Å². The monoisotopic (exact) mass is 819 g/mol. The zero-order valence-corrected chi connectivity index (χ0v) is 29.3. The molecule has 0 saturated heterocycles. The first kappa shape index (κ1) is 32.6. The first-order valence-corrected chi connectivity index (χ1v) is 17.1. The molecular weight excluding hydrogens is 796 g/mol. The van der Waals surface area contributed by atoms with Gasteiger partial charge in [0.05, 0.1) is 43.7 Å². The van der Waals surface area contributed by atoms with Gasteiger partial charge in [-0.05, 0) is 71.5 Å². The van der Waals surface area contributed by atoms with E-state index >= 15 is 0 Å². The first-order chi connectivity index (χ1) is 22.8. The number of esters is 1. The summed E-state index contributed by atoms with van der Waals surface area (Å²) in [5, 5.41) is 9.54. The van der Waals surface area contributed by atoms with E-state index in [2.05, 4.69) is 44.6 Å². The number of halogens is 3. The van der Waals surface area contributed by atoms with E-state index < -0.39 is 17.8 Å². The fourth-order valence-electron chi connectivity index (χ4n) is 5.29. The molecule has 6 rings (SSSR count). The molecule has 234 valence electrons. The third-order valence-electron chi connectivity index (χ3n) is 7.39. The highest BCUT2D eigenvalue weighted by atomic mass is 127. The van der Waals surface area contributed by atoms with Gasteiger partial charge in [-0.2, -0.15) is 5.26 Å². The van der Waals surface area contributed by atoms with Crippen molar-refractivity contribution in [3.8, 4) is 11.8 Å². The number of nitrogens with zero attached hydrogens (tertiary/aromatic N) is 3. The number of carbonyl (C=O) groups is 1. The van der Waals surface area contributed by atoms with Crippen LogP contribution < -0.4 is 19.6 Å². The lowest BCUT2D eigenvalue weighted by Crippen LogP contribution is -2.40. The summed E-state index contributed by atoms with van der Waals surface area (Å²) >= 11 is 6.91. The third-order valence-corrected chi connectivity index (χ3v) is 9.64. The Bertz CT molecular complexity index is 2260. The summed E-state index contributed by atoms with van der Waals surface area (Å²) in [7, 11) is 0. The van der Waals surface area contributed by atoms with E-state index in [0.29, 0.717) is 43.0 Å². The zero-order valence-electron chi connectivity index (χ0n) is 24.7. The molecule has 0 radical (unpaired) electrons. The first-order valence-electron chi connectivity index (χ1n) is 14.4.